The predicted molar refractivity (Wildman–Crippen MR) is 89.8 cm³/mol. The Labute approximate surface area is 136 Å². The normalized spacial score (nSPS) is 15.4. The van der Waals surface area contributed by atoms with Crippen molar-refractivity contribution in [3.8, 4) is 17.2 Å². The first kappa shape index (κ1) is 17.0. The molecule has 0 spiro atoms. The van der Waals surface area contributed by atoms with Crippen molar-refractivity contribution < 1.29 is 19.0 Å². The number of thioether (sulfide) groups is 1. The van der Waals surface area contributed by atoms with Crippen LogP contribution in [0.4, 0.5) is 0 Å². The Morgan fingerprint density at radius 3 is 2.32 bits per heavy atom. The van der Waals surface area contributed by atoms with Gasteiger partial charge in [0.2, 0.25) is 5.75 Å². The van der Waals surface area contributed by atoms with E-state index in [9.17, 15) is 4.79 Å². The van der Waals surface area contributed by atoms with E-state index in [-0.39, 0.29) is 5.78 Å². The molecule has 0 unspecified atom stereocenters. The number of ether oxygens (including phenoxy) is 3. The van der Waals surface area contributed by atoms with Gasteiger partial charge < -0.3 is 14.2 Å². The van der Waals surface area contributed by atoms with Crippen LogP contribution in [-0.2, 0) is 0 Å². The van der Waals surface area contributed by atoms with Gasteiger partial charge in [0, 0.05) is 5.25 Å². The van der Waals surface area contributed by atoms with Gasteiger partial charge in [-0.3, -0.25) is 4.79 Å². The van der Waals surface area contributed by atoms with Gasteiger partial charge in [0.05, 0.1) is 32.6 Å². The standard InChI is InChI=1S/C17H24O4S/c1-19-15-10-9-13(16(20-2)17(15)21-3)14(18)11-22-12-7-5-4-6-8-12/h9-10,12H,4-8,11H2,1-3H3. The van der Waals surface area contributed by atoms with Crippen molar-refractivity contribution in [2.24, 2.45) is 0 Å². The van der Waals surface area contributed by atoms with Gasteiger partial charge in [-0.25, -0.2) is 0 Å². The molecule has 2 rings (SSSR count). The minimum absolute atomic E-state index is 0.0772. The van der Waals surface area contributed by atoms with Crippen LogP contribution in [0.5, 0.6) is 17.2 Å². The molecule has 0 radical (unpaired) electrons. The van der Waals surface area contributed by atoms with Gasteiger partial charge in [-0.2, -0.15) is 11.8 Å². The third-order valence-electron chi connectivity index (χ3n) is 4.01. The van der Waals surface area contributed by atoms with Crippen molar-refractivity contribution in [3.05, 3.63) is 17.7 Å². The van der Waals surface area contributed by atoms with Crippen LogP contribution in [-0.4, -0.2) is 38.1 Å². The first-order valence-corrected chi connectivity index (χ1v) is 8.70. The zero-order valence-electron chi connectivity index (χ0n) is 13.5. The number of rotatable bonds is 7. The summed E-state index contributed by atoms with van der Waals surface area (Å²) < 4.78 is 16.0. The fourth-order valence-corrected chi connectivity index (χ4v) is 4.03. The van der Waals surface area contributed by atoms with E-state index in [4.69, 9.17) is 14.2 Å². The monoisotopic (exact) mass is 324 g/mol. The van der Waals surface area contributed by atoms with Crippen molar-refractivity contribution in [2.45, 2.75) is 37.4 Å². The highest BCUT2D eigenvalue weighted by molar-refractivity contribution is 8.00. The molecule has 0 amide bonds. The smallest absolute Gasteiger partial charge is 0.204 e. The highest BCUT2D eigenvalue weighted by Gasteiger charge is 2.22. The molecule has 1 aromatic rings. The Balaban J connectivity index is 2.11. The van der Waals surface area contributed by atoms with Gasteiger partial charge in [-0.15, -0.1) is 0 Å². The molecule has 0 aromatic heterocycles. The van der Waals surface area contributed by atoms with E-state index >= 15 is 0 Å². The predicted octanol–water partition coefficient (Wildman–Crippen LogP) is 3.96. The molecule has 5 heteroatoms. The Morgan fingerprint density at radius 2 is 1.73 bits per heavy atom. The van der Waals surface area contributed by atoms with Crippen LogP contribution in [0.15, 0.2) is 12.1 Å². The van der Waals surface area contributed by atoms with E-state index < -0.39 is 0 Å². The van der Waals surface area contributed by atoms with Gasteiger partial charge in [0.15, 0.2) is 17.3 Å². The Hall–Kier alpha value is -1.36. The van der Waals surface area contributed by atoms with Gasteiger partial charge in [0.25, 0.3) is 0 Å². The van der Waals surface area contributed by atoms with E-state index in [1.165, 1.54) is 32.1 Å². The van der Waals surface area contributed by atoms with Crippen LogP contribution >= 0.6 is 11.8 Å². The molecule has 1 aliphatic carbocycles. The molecule has 1 aromatic carbocycles. The molecule has 1 fully saturated rings. The van der Waals surface area contributed by atoms with Crippen molar-refractivity contribution in [1.82, 2.24) is 0 Å². The Bertz CT molecular complexity index is 510. The van der Waals surface area contributed by atoms with E-state index in [1.807, 2.05) is 0 Å². The number of benzene rings is 1. The molecule has 0 bridgehead atoms. The van der Waals surface area contributed by atoms with Crippen LogP contribution < -0.4 is 14.2 Å². The number of Topliss-reactive ketones (excluding diaryl/α,β-unsaturated/α-hetero) is 1. The summed E-state index contributed by atoms with van der Waals surface area (Å²) in [6.45, 7) is 0. The third-order valence-corrected chi connectivity index (χ3v) is 5.38. The summed E-state index contributed by atoms with van der Waals surface area (Å²) in [4.78, 5) is 12.5. The lowest BCUT2D eigenvalue weighted by atomic mass is 10.0. The van der Waals surface area contributed by atoms with Gasteiger partial charge in [0.1, 0.15) is 0 Å². The number of methoxy groups -OCH3 is 3. The van der Waals surface area contributed by atoms with Crippen LogP contribution in [0.25, 0.3) is 0 Å². The molecule has 0 N–H and O–H groups in total. The van der Waals surface area contributed by atoms with Crippen molar-refractivity contribution >= 4 is 17.5 Å². The largest absolute Gasteiger partial charge is 0.493 e. The Morgan fingerprint density at radius 1 is 1.05 bits per heavy atom. The quantitative estimate of drug-likeness (QED) is 0.710. The minimum atomic E-state index is 0.0772. The van der Waals surface area contributed by atoms with Gasteiger partial charge in [-0.1, -0.05) is 19.3 Å². The molecule has 0 atom stereocenters. The Kier molecular flexibility index (Phi) is 6.43. The molecule has 0 heterocycles. The summed E-state index contributed by atoms with van der Waals surface area (Å²) in [6, 6.07) is 3.50. The molecular formula is C17H24O4S. The molecule has 1 aliphatic rings. The maximum absolute atomic E-state index is 12.5. The van der Waals surface area contributed by atoms with Gasteiger partial charge >= 0.3 is 0 Å². The molecular weight excluding hydrogens is 300 g/mol. The highest BCUT2D eigenvalue weighted by Crippen LogP contribution is 2.40. The zero-order chi connectivity index (χ0) is 15.9. The summed E-state index contributed by atoms with van der Waals surface area (Å²) >= 11 is 1.77. The number of hydrogen-bond donors (Lipinski definition) is 0. The van der Waals surface area contributed by atoms with Gasteiger partial charge in [-0.05, 0) is 25.0 Å². The summed E-state index contributed by atoms with van der Waals surface area (Å²) in [5, 5.41) is 0.615. The summed E-state index contributed by atoms with van der Waals surface area (Å²) in [7, 11) is 4.66. The minimum Gasteiger partial charge on any atom is -0.493 e. The molecule has 122 valence electrons. The lowest BCUT2D eigenvalue weighted by Crippen LogP contribution is -2.13. The number of ketones is 1. The fourth-order valence-electron chi connectivity index (χ4n) is 2.82. The van der Waals surface area contributed by atoms with Crippen LogP contribution in [0.2, 0.25) is 0 Å². The third kappa shape index (κ3) is 3.88. The second-order valence-corrected chi connectivity index (χ2v) is 6.66. The lowest BCUT2D eigenvalue weighted by Gasteiger charge is -2.21. The van der Waals surface area contributed by atoms with E-state index in [1.54, 1.807) is 45.2 Å². The molecule has 0 saturated heterocycles. The van der Waals surface area contributed by atoms with Crippen molar-refractivity contribution in [3.63, 3.8) is 0 Å². The number of carbonyl (C=O) groups is 1. The fraction of sp³-hybridized carbons (Fsp3) is 0.588. The van der Waals surface area contributed by atoms with E-state index in [0.717, 1.165) is 0 Å². The average Bonchev–Trinajstić information content (AvgIpc) is 2.58. The average molecular weight is 324 g/mol. The van der Waals surface area contributed by atoms with Crippen LogP contribution in [0.3, 0.4) is 0 Å². The second-order valence-electron chi connectivity index (χ2n) is 5.38. The molecule has 0 aliphatic heterocycles. The second kappa shape index (κ2) is 8.32. The first-order chi connectivity index (χ1) is 10.7. The first-order valence-electron chi connectivity index (χ1n) is 7.65. The summed E-state index contributed by atoms with van der Waals surface area (Å²) in [6.07, 6.45) is 6.34. The highest BCUT2D eigenvalue weighted by atomic mass is 32.2. The molecule has 1 saturated carbocycles. The maximum Gasteiger partial charge on any atom is 0.204 e. The van der Waals surface area contributed by atoms with Crippen molar-refractivity contribution in [2.75, 3.05) is 27.1 Å². The summed E-state index contributed by atoms with van der Waals surface area (Å²) in [5.74, 6) is 2.05. The van der Waals surface area contributed by atoms with E-state index in [2.05, 4.69) is 0 Å². The van der Waals surface area contributed by atoms with Crippen molar-refractivity contribution in [1.29, 1.82) is 0 Å². The number of carbonyl (C=O) groups excluding carboxylic acids is 1. The topological polar surface area (TPSA) is 44.8 Å². The number of hydrogen-bond acceptors (Lipinski definition) is 5. The maximum atomic E-state index is 12.5. The van der Waals surface area contributed by atoms with Crippen LogP contribution in [0.1, 0.15) is 42.5 Å². The van der Waals surface area contributed by atoms with E-state index in [0.29, 0.717) is 33.8 Å². The zero-order valence-corrected chi connectivity index (χ0v) is 14.3. The summed E-state index contributed by atoms with van der Waals surface area (Å²) in [5.41, 5.74) is 0.559. The lowest BCUT2D eigenvalue weighted by molar-refractivity contribution is 0.101. The van der Waals surface area contributed by atoms with Crippen LogP contribution in [0, 0.1) is 0 Å². The SMILES string of the molecule is COc1ccc(C(=O)CSC2CCCCC2)c(OC)c1OC. The molecule has 22 heavy (non-hydrogen) atoms. The molecule has 4 nitrogen and oxygen atoms in total.